The van der Waals surface area contributed by atoms with Crippen LogP contribution in [0.1, 0.15) is 44.5 Å². The summed E-state index contributed by atoms with van der Waals surface area (Å²) in [6.07, 6.45) is 3.39. The lowest BCUT2D eigenvalue weighted by molar-refractivity contribution is 0.0269. The minimum atomic E-state index is -0.550. The fraction of sp³-hybridized carbons (Fsp3) is 0.500. The molecule has 136 valence electrons. The van der Waals surface area contributed by atoms with Crippen LogP contribution < -0.4 is 5.56 Å². The van der Waals surface area contributed by atoms with Crippen molar-refractivity contribution in [3.8, 4) is 0 Å². The molecule has 0 aliphatic carbocycles. The number of hydrogen-bond donors (Lipinski definition) is 0. The zero-order valence-electron chi connectivity index (χ0n) is 15.1. The van der Waals surface area contributed by atoms with Gasteiger partial charge in [0.05, 0.1) is 12.2 Å². The van der Waals surface area contributed by atoms with Crippen molar-refractivity contribution in [2.45, 2.75) is 39.7 Å². The zero-order valence-corrected chi connectivity index (χ0v) is 15.1. The van der Waals surface area contributed by atoms with Crippen LogP contribution in [0.5, 0.6) is 0 Å². The second-order valence-electron chi connectivity index (χ2n) is 6.72. The molecule has 0 fully saturated rings. The van der Waals surface area contributed by atoms with Crippen molar-refractivity contribution < 1.29 is 19.1 Å². The Balaban J connectivity index is 2.16. The standard InChI is InChI=1S/C18H24N2O5/c1-5-24-16(22)13-6-7-15(21)20(12-13)14-8-10-19(11-9-14)17(23)25-18(2,3)4/h6-8,12H,5,9-11H2,1-4H3. The third-order valence-electron chi connectivity index (χ3n) is 3.57. The van der Waals surface area contributed by atoms with Crippen molar-refractivity contribution in [3.63, 3.8) is 0 Å². The van der Waals surface area contributed by atoms with Crippen LogP contribution >= 0.6 is 0 Å². The summed E-state index contributed by atoms with van der Waals surface area (Å²) in [6.45, 7) is 8.23. The topological polar surface area (TPSA) is 77.8 Å². The Morgan fingerprint density at radius 3 is 2.52 bits per heavy atom. The van der Waals surface area contributed by atoms with Crippen LogP contribution in [0.15, 0.2) is 29.2 Å². The smallest absolute Gasteiger partial charge is 0.410 e. The average molecular weight is 348 g/mol. The summed E-state index contributed by atoms with van der Waals surface area (Å²) in [4.78, 5) is 37.6. The highest BCUT2D eigenvalue weighted by Crippen LogP contribution is 2.18. The Morgan fingerprint density at radius 2 is 1.96 bits per heavy atom. The molecule has 2 rings (SSSR count). The molecule has 1 aromatic heterocycles. The van der Waals surface area contributed by atoms with Crippen LogP contribution in [0.4, 0.5) is 4.79 Å². The van der Waals surface area contributed by atoms with Crippen LogP contribution in [-0.2, 0) is 9.47 Å². The predicted molar refractivity (Wildman–Crippen MR) is 93.4 cm³/mol. The Bertz CT molecular complexity index is 743. The molecule has 1 aromatic rings. The first kappa shape index (κ1) is 18.8. The Kier molecular flexibility index (Phi) is 5.66. The Labute approximate surface area is 146 Å². The van der Waals surface area contributed by atoms with Gasteiger partial charge in [0.25, 0.3) is 5.56 Å². The zero-order chi connectivity index (χ0) is 18.6. The maximum Gasteiger partial charge on any atom is 0.410 e. The molecule has 0 atom stereocenters. The van der Waals surface area contributed by atoms with Gasteiger partial charge in [-0.2, -0.15) is 0 Å². The van der Waals surface area contributed by atoms with Crippen molar-refractivity contribution in [2.24, 2.45) is 0 Å². The number of carbonyl (C=O) groups excluding carboxylic acids is 2. The molecule has 0 bridgehead atoms. The van der Waals surface area contributed by atoms with Gasteiger partial charge in [0.15, 0.2) is 0 Å². The minimum absolute atomic E-state index is 0.231. The van der Waals surface area contributed by atoms with Gasteiger partial charge in [-0.1, -0.05) is 0 Å². The SMILES string of the molecule is CCOC(=O)c1ccc(=O)n(C2=CCN(C(=O)OC(C)(C)C)CC2)c1. The molecule has 0 spiro atoms. The van der Waals surface area contributed by atoms with Gasteiger partial charge in [0.1, 0.15) is 5.60 Å². The molecule has 1 aliphatic rings. The number of aromatic nitrogens is 1. The highest BCUT2D eigenvalue weighted by molar-refractivity contribution is 5.89. The van der Waals surface area contributed by atoms with Crippen LogP contribution in [-0.4, -0.2) is 46.8 Å². The lowest BCUT2D eigenvalue weighted by Crippen LogP contribution is -2.40. The van der Waals surface area contributed by atoms with E-state index in [0.29, 0.717) is 25.1 Å². The first-order valence-electron chi connectivity index (χ1n) is 8.28. The largest absolute Gasteiger partial charge is 0.462 e. The van der Waals surface area contributed by atoms with E-state index in [-0.39, 0.29) is 18.3 Å². The molecule has 0 aromatic carbocycles. The fourth-order valence-corrected chi connectivity index (χ4v) is 2.42. The lowest BCUT2D eigenvalue weighted by atomic mass is 10.2. The molecule has 0 radical (unpaired) electrons. The second-order valence-corrected chi connectivity index (χ2v) is 6.72. The normalized spacial score (nSPS) is 14.7. The van der Waals surface area contributed by atoms with Gasteiger partial charge < -0.3 is 14.4 Å². The summed E-state index contributed by atoms with van der Waals surface area (Å²) in [6, 6.07) is 2.79. The maximum absolute atomic E-state index is 12.1. The molecule has 1 aliphatic heterocycles. The van der Waals surface area contributed by atoms with Crippen LogP contribution in [0.3, 0.4) is 0 Å². The maximum atomic E-state index is 12.1. The highest BCUT2D eigenvalue weighted by atomic mass is 16.6. The van der Waals surface area contributed by atoms with E-state index in [9.17, 15) is 14.4 Å². The molecule has 0 unspecified atom stereocenters. The molecule has 7 nitrogen and oxygen atoms in total. The van der Waals surface area contributed by atoms with Crippen LogP contribution in [0, 0.1) is 0 Å². The van der Waals surface area contributed by atoms with Crippen LogP contribution in [0.25, 0.3) is 5.70 Å². The molecule has 7 heteroatoms. The first-order chi connectivity index (χ1) is 11.7. The van der Waals surface area contributed by atoms with Gasteiger partial charge in [-0.3, -0.25) is 9.36 Å². The van der Waals surface area contributed by atoms with Gasteiger partial charge in [-0.25, -0.2) is 9.59 Å². The molecule has 0 saturated heterocycles. The van der Waals surface area contributed by atoms with E-state index in [2.05, 4.69) is 0 Å². The second kappa shape index (κ2) is 7.55. The number of esters is 1. The van der Waals surface area contributed by atoms with Crippen molar-refractivity contribution >= 4 is 17.8 Å². The van der Waals surface area contributed by atoms with Crippen molar-refractivity contribution in [1.29, 1.82) is 0 Å². The molecule has 1 amide bonds. The van der Waals surface area contributed by atoms with Crippen molar-refractivity contribution in [2.75, 3.05) is 19.7 Å². The summed E-state index contributed by atoms with van der Waals surface area (Å²) in [5.74, 6) is -0.469. The average Bonchev–Trinajstić information content (AvgIpc) is 2.54. The quantitative estimate of drug-likeness (QED) is 0.784. The van der Waals surface area contributed by atoms with Crippen LogP contribution in [0.2, 0.25) is 0 Å². The Morgan fingerprint density at radius 1 is 1.24 bits per heavy atom. The molecule has 2 heterocycles. The van der Waals surface area contributed by atoms with Crippen molar-refractivity contribution in [3.05, 3.63) is 40.3 Å². The predicted octanol–water partition coefficient (Wildman–Crippen LogP) is 2.51. The van der Waals surface area contributed by atoms with E-state index >= 15 is 0 Å². The summed E-state index contributed by atoms with van der Waals surface area (Å²) < 4.78 is 11.7. The van der Waals surface area contributed by atoms with E-state index < -0.39 is 11.6 Å². The molecular formula is C18H24N2O5. The number of nitrogens with zero attached hydrogens (tertiary/aromatic N) is 2. The van der Waals surface area contributed by atoms with Gasteiger partial charge in [0.2, 0.25) is 0 Å². The van der Waals surface area contributed by atoms with E-state index in [4.69, 9.17) is 9.47 Å². The van der Waals surface area contributed by atoms with Gasteiger partial charge in [0, 0.05) is 37.5 Å². The number of hydrogen-bond acceptors (Lipinski definition) is 5. The van der Waals surface area contributed by atoms with E-state index in [1.807, 2.05) is 20.8 Å². The van der Waals surface area contributed by atoms with E-state index in [1.54, 1.807) is 17.9 Å². The van der Waals surface area contributed by atoms with Gasteiger partial charge in [-0.15, -0.1) is 0 Å². The number of pyridine rings is 1. The molecule has 0 N–H and O–H groups in total. The number of amides is 1. The molecule has 25 heavy (non-hydrogen) atoms. The lowest BCUT2D eigenvalue weighted by Gasteiger charge is -2.29. The highest BCUT2D eigenvalue weighted by Gasteiger charge is 2.24. The minimum Gasteiger partial charge on any atom is -0.462 e. The fourth-order valence-electron chi connectivity index (χ4n) is 2.42. The molecular weight excluding hydrogens is 324 g/mol. The van der Waals surface area contributed by atoms with E-state index in [0.717, 1.165) is 5.70 Å². The number of carbonyl (C=O) groups is 2. The summed E-state index contributed by atoms with van der Waals surface area (Å²) in [7, 11) is 0. The Hall–Kier alpha value is -2.57. The monoisotopic (exact) mass is 348 g/mol. The number of rotatable bonds is 3. The third kappa shape index (κ3) is 4.95. The van der Waals surface area contributed by atoms with Crippen molar-refractivity contribution in [1.82, 2.24) is 9.47 Å². The third-order valence-corrected chi connectivity index (χ3v) is 3.57. The number of ether oxygens (including phenoxy) is 2. The summed E-state index contributed by atoms with van der Waals surface area (Å²) in [5.41, 5.74) is 0.282. The summed E-state index contributed by atoms with van der Waals surface area (Å²) in [5, 5.41) is 0. The van der Waals surface area contributed by atoms with Gasteiger partial charge >= 0.3 is 12.1 Å². The first-order valence-corrected chi connectivity index (χ1v) is 8.28. The molecule has 0 saturated carbocycles. The summed E-state index contributed by atoms with van der Waals surface area (Å²) >= 11 is 0. The van der Waals surface area contributed by atoms with Gasteiger partial charge in [-0.05, 0) is 39.8 Å². The van der Waals surface area contributed by atoms with E-state index in [1.165, 1.54) is 22.9 Å².